The van der Waals surface area contributed by atoms with Gasteiger partial charge in [-0.15, -0.1) is 0 Å². The summed E-state index contributed by atoms with van der Waals surface area (Å²) in [5, 5.41) is 0. The minimum Gasteiger partial charge on any atom is -0.328 e. The molecule has 6 nitrogen and oxygen atoms in total. The molecule has 0 amide bonds. The quantitative estimate of drug-likeness (QED) is 0.592. The molecule has 0 aromatic carbocycles. The minimum atomic E-state index is -1.01. The van der Waals surface area contributed by atoms with Crippen LogP contribution >= 0.6 is 0 Å². The maximum atomic E-state index is 11.8. The van der Waals surface area contributed by atoms with Gasteiger partial charge in [0.15, 0.2) is 0 Å². The number of aromatic amines is 2. The van der Waals surface area contributed by atoms with Crippen molar-refractivity contribution in [1.82, 2.24) is 9.97 Å². The van der Waals surface area contributed by atoms with E-state index in [1.54, 1.807) is 0 Å². The summed E-state index contributed by atoms with van der Waals surface area (Å²) < 4.78 is 0. The lowest BCUT2D eigenvalue weighted by atomic mass is 10.0. The number of carbonyl (C=O) groups excluding carboxylic acids is 2. The fraction of sp³-hybridized carbons (Fsp3) is 0. The van der Waals surface area contributed by atoms with Crippen LogP contribution in [0.1, 0.15) is 20.7 Å². The Morgan fingerprint density at radius 2 is 1.17 bits per heavy atom. The molecule has 2 heterocycles. The molecule has 0 radical (unpaired) electrons. The summed E-state index contributed by atoms with van der Waals surface area (Å²) in [5.74, 6) is -2.01. The van der Waals surface area contributed by atoms with E-state index in [0.29, 0.717) is 0 Å². The van der Waals surface area contributed by atoms with Gasteiger partial charge in [-0.3, -0.25) is 19.2 Å². The number of rotatable bonds is 3. The van der Waals surface area contributed by atoms with Crippen molar-refractivity contribution in [3.8, 4) is 0 Å². The Labute approximate surface area is 100 Å². The van der Waals surface area contributed by atoms with Gasteiger partial charge in [-0.25, -0.2) is 0 Å². The van der Waals surface area contributed by atoms with Crippen LogP contribution in [0.3, 0.4) is 0 Å². The molecule has 0 saturated carbocycles. The van der Waals surface area contributed by atoms with Gasteiger partial charge in [0.05, 0.1) is 11.1 Å². The molecule has 6 heteroatoms. The van der Waals surface area contributed by atoms with Gasteiger partial charge in [-0.1, -0.05) is 0 Å². The van der Waals surface area contributed by atoms with Crippen LogP contribution in [0, 0.1) is 0 Å². The van der Waals surface area contributed by atoms with Gasteiger partial charge in [-0.2, -0.15) is 0 Å². The molecule has 0 unspecified atom stereocenters. The van der Waals surface area contributed by atoms with Crippen LogP contribution in [0.4, 0.5) is 0 Å². The number of carbonyl (C=O) groups is 2. The van der Waals surface area contributed by atoms with Gasteiger partial charge in [0, 0.05) is 12.4 Å². The maximum Gasteiger partial charge on any atom is 0.259 e. The summed E-state index contributed by atoms with van der Waals surface area (Å²) in [5.41, 5.74) is -1.90. The number of ketones is 2. The van der Waals surface area contributed by atoms with Gasteiger partial charge < -0.3 is 9.97 Å². The van der Waals surface area contributed by atoms with Crippen LogP contribution in [0.15, 0.2) is 46.2 Å². The predicted molar refractivity (Wildman–Crippen MR) is 62.8 cm³/mol. The van der Waals surface area contributed by atoms with Crippen molar-refractivity contribution in [2.45, 2.75) is 0 Å². The van der Waals surface area contributed by atoms with Gasteiger partial charge in [0.25, 0.3) is 11.1 Å². The van der Waals surface area contributed by atoms with Crippen molar-refractivity contribution in [2.24, 2.45) is 0 Å². The third kappa shape index (κ3) is 2.03. The van der Waals surface area contributed by atoms with Crippen LogP contribution in [-0.2, 0) is 0 Å². The third-order valence-electron chi connectivity index (χ3n) is 2.33. The van der Waals surface area contributed by atoms with Gasteiger partial charge in [-0.05, 0) is 24.3 Å². The molecule has 18 heavy (non-hydrogen) atoms. The molecule has 0 spiro atoms. The lowest BCUT2D eigenvalue weighted by Crippen LogP contribution is -2.27. The number of hydrogen-bond donors (Lipinski definition) is 2. The van der Waals surface area contributed by atoms with Crippen molar-refractivity contribution in [3.63, 3.8) is 0 Å². The Kier molecular flexibility index (Phi) is 3.01. The summed E-state index contributed by atoms with van der Waals surface area (Å²) in [6, 6.07) is 5.32. The fourth-order valence-corrected chi connectivity index (χ4v) is 1.45. The molecule has 2 rings (SSSR count). The zero-order chi connectivity index (χ0) is 13.1. The zero-order valence-electron chi connectivity index (χ0n) is 9.10. The summed E-state index contributed by atoms with van der Waals surface area (Å²) in [7, 11) is 0. The average molecular weight is 244 g/mol. The Morgan fingerprint density at radius 1 is 0.778 bits per heavy atom. The molecule has 0 atom stereocenters. The van der Waals surface area contributed by atoms with E-state index in [2.05, 4.69) is 9.97 Å². The molecule has 0 bridgehead atoms. The number of nitrogens with one attached hydrogen (secondary N) is 2. The predicted octanol–water partition coefficient (Wildman–Crippen LogP) is 0.129. The lowest BCUT2D eigenvalue weighted by molar-refractivity contribution is 0.0815. The topological polar surface area (TPSA) is 99.9 Å². The molecule has 2 aromatic heterocycles. The fourth-order valence-electron chi connectivity index (χ4n) is 1.45. The van der Waals surface area contributed by atoms with Crippen LogP contribution in [-0.4, -0.2) is 21.5 Å². The van der Waals surface area contributed by atoms with Crippen molar-refractivity contribution in [2.75, 3.05) is 0 Å². The molecular formula is C12H8N2O4. The number of pyridine rings is 2. The molecule has 0 fully saturated rings. The number of H-pyrrole nitrogens is 2. The minimum absolute atomic E-state index is 0.286. The van der Waals surface area contributed by atoms with E-state index in [1.165, 1.54) is 36.7 Å². The first-order valence-corrected chi connectivity index (χ1v) is 5.05. The number of hydrogen-bond acceptors (Lipinski definition) is 4. The Bertz CT molecular complexity index is 663. The van der Waals surface area contributed by atoms with E-state index in [4.69, 9.17) is 0 Å². The van der Waals surface area contributed by atoms with Crippen LogP contribution < -0.4 is 11.1 Å². The highest BCUT2D eigenvalue weighted by molar-refractivity contribution is 6.49. The van der Waals surface area contributed by atoms with Crippen molar-refractivity contribution < 1.29 is 9.59 Å². The molecule has 0 saturated heterocycles. The highest BCUT2D eigenvalue weighted by atomic mass is 16.2. The Balaban J connectivity index is 2.46. The zero-order valence-corrected chi connectivity index (χ0v) is 9.10. The van der Waals surface area contributed by atoms with Crippen LogP contribution in [0.2, 0.25) is 0 Å². The molecule has 90 valence electrons. The highest BCUT2D eigenvalue weighted by Crippen LogP contribution is 2.00. The summed E-state index contributed by atoms with van der Waals surface area (Å²) in [4.78, 5) is 50.9. The molecule has 2 aromatic rings. The van der Waals surface area contributed by atoms with Crippen molar-refractivity contribution >= 4 is 11.6 Å². The first-order valence-electron chi connectivity index (χ1n) is 5.05. The summed E-state index contributed by atoms with van der Waals surface area (Å²) in [6.07, 6.45) is 2.69. The van der Waals surface area contributed by atoms with E-state index in [0.717, 1.165) is 0 Å². The standard InChI is InChI=1S/C12H8N2O4/c15-9(7-3-1-5-13-11(7)17)10(16)8-4-2-6-14-12(8)18/h1-6H,(H,13,17)(H,14,18). The average Bonchev–Trinajstić information content (AvgIpc) is 2.38. The molecule has 0 aliphatic heterocycles. The second-order valence-corrected chi connectivity index (χ2v) is 3.48. The maximum absolute atomic E-state index is 11.8. The Hall–Kier alpha value is -2.76. The normalized spacial score (nSPS) is 10.0. The van der Waals surface area contributed by atoms with Crippen LogP contribution in [0.5, 0.6) is 0 Å². The van der Waals surface area contributed by atoms with E-state index in [-0.39, 0.29) is 11.1 Å². The first-order chi connectivity index (χ1) is 8.61. The number of Topliss-reactive ketones (excluding diaryl/α,β-unsaturated/α-hetero) is 2. The van der Waals surface area contributed by atoms with Gasteiger partial charge >= 0.3 is 0 Å². The molecule has 2 N–H and O–H groups in total. The molecular weight excluding hydrogens is 236 g/mol. The first kappa shape index (κ1) is 11.7. The highest BCUT2D eigenvalue weighted by Gasteiger charge is 2.22. The van der Waals surface area contributed by atoms with E-state index in [1.807, 2.05) is 0 Å². The SMILES string of the molecule is O=C(C(=O)c1ccc[nH]c1=O)c1ccc[nH]c1=O. The molecule has 0 aliphatic carbocycles. The summed E-state index contributed by atoms with van der Waals surface area (Å²) in [6.45, 7) is 0. The van der Waals surface area contributed by atoms with E-state index >= 15 is 0 Å². The second kappa shape index (κ2) is 4.62. The second-order valence-electron chi connectivity index (χ2n) is 3.48. The smallest absolute Gasteiger partial charge is 0.259 e. The monoisotopic (exact) mass is 244 g/mol. The van der Waals surface area contributed by atoms with Gasteiger partial charge in [0.1, 0.15) is 0 Å². The largest absolute Gasteiger partial charge is 0.328 e. The Morgan fingerprint density at radius 3 is 1.50 bits per heavy atom. The van der Waals surface area contributed by atoms with Crippen molar-refractivity contribution in [1.29, 1.82) is 0 Å². The third-order valence-corrected chi connectivity index (χ3v) is 2.33. The van der Waals surface area contributed by atoms with Crippen LogP contribution in [0.25, 0.3) is 0 Å². The number of aromatic nitrogens is 2. The van der Waals surface area contributed by atoms with Gasteiger partial charge in [0.2, 0.25) is 11.6 Å². The lowest BCUT2D eigenvalue weighted by Gasteiger charge is -1.98. The van der Waals surface area contributed by atoms with E-state index < -0.39 is 22.7 Å². The van der Waals surface area contributed by atoms with Crippen molar-refractivity contribution in [3.05, 3.63) is 68.5 Å². The molecule has 0 aliphatic rings. The van der Waals surface area contributed by atoms with E-state index in [9.17, 15) is 19.2 Å². The summed E-state index contributed by atoms with van der Waals surface area (Å²) >= 11 is 0.